The van der Waals surface area contributed by atoms with Gasteiger partial charge in [-0.15, -0.1) is 12.6 Å². The average Bonchev–Trinajstić information content (AvgIpc) is 3.05. The molecule has 0 aliphatic heterocycles. The molecule has 3 nitrogen and oxygen atoms in total. The van der Waals surface area contributed by atoms with E-state index in [4.69, 9.17) is 9.15 Å². The van der Waals surface area contributed by atoms with Gasteiger partial charge in [0.05, 0.1) is 5.56 Å². The highest BCUT2D eigenvalue weighted by Gasteiger charge is 2.30. The first kappa shape index (κ1) is 21.0. The summed E-state index contributed by atoms with van der Waals surface area (Å²) in [5, 5.41) is -0.166. The molecule has 0 saturated carbocycles. The van der Waals surface area contributed by atoms with E-state index in [0.29, 0.717) is 35.7 Å². The van der Waals surface area contributed by atoms with Crippen LogP contribution >= 0.6 is 12.6 Å². The third-order valence-corrected chi connectivity index (χ3v) is 4.66. The molecule has 0 aliphatic carbocycles. The fourth-order valence-corrected chi connectivity index (χ4v) is 2.94. The summed E-state index contributed by atoms with van der Waals surface area (Å²) in [6.45, 7) is 2.03. The number of furan rings is 1. The maximum atomic E-state index is 12.7. The van der Waals surface area contributed by atoms with Gasteiger partial charge in [0.25, 0.3) is 0 Å². The van der Waals surface area contributed by atoms with E-state index in [2.05, 4.69) is 12.6 Å². The van der Waals surface area contributed by atoms with Crippen molar-refractivity contribution in [3.05, 3.63) is 77.0 Å². The van der Waals surface area contributed by atoms with E-state index in [1.165, 1.54) is 12.1 Å². The number of alkyl halides is 3. The predicted octanol–water partition coefficient (Wildman–Crippen LogP) is 6.24. The van der Waals surface area contributed by atoms with Crippen molar-refractivity contribution >= 4 is 17.7 Å². The largest absolute Gasteiger partial charge is 0.489 e. The zero-order valence-corrected chi connectivity index (χ0v) is 16.5. The van der Waals surface area contributed by atoms with Gasteiger partial charge in [0.1, 0.15) is 23.9 Å². The third-order valence-electron chi connectivity index (χ3n) is 4.44. The van der Waals surface area contributed by atoms with Crippen LogP contribution in [0, 0.1) is 6.92 Å². The molecule has 1 heterocycles. The summed E-state index contributed by atoms with van der Waals surface area (Å²) in [5.41, 5.74) is 1.63. The molecule has 0 N–H and O–H groups in total. The quantitative estimate of drug-likeness (QED) is 0.460. The highest BCUT2D eigenvalue weighted by molar-refractivity contribution is 7.96. The van der Waals surface area contributed by atoms with Gasteiger partial charge in [0.15, 0.2) is 5.12 Å². The molecule has 0 radical (unpaired) electrons. The molecule has 0 unspecified atom stereocenters. The van der Waals surface area contributed by atoms with E-state index in [-0.39, 0.29) is 11.7 Å². The van der Waals surface area contributed by atoms with Gasteiger partial charge in [-0.2, -0.15) is 13.2 Å². The van der Waals surface area contributed by atoms with E-state index in [1.54, 1.807) is 13.0 Å². The summed E-state index contributed by atoms with van der Waals surface area (Å²) in [7, 11) is 0. The van der Waals surface area contributed by atoms with Crippen LogP contribution in [0.15, 0.2) is 59.0 Å². The molecule has 0 amide bonds. The molecule has 7 heteroatoms. The SMILES string of the molecule is Cc1oc(-c2ccc(C(F)(F)F)cc2)cc1COc1cccc(CCC(=O)S)c1. The molecular formula is C22H19F3O3S. The highest BCUT2D eigenvalue weighted by Crippen LogP contribution is 2.32. The van der Waals surface area contributed by atoms with Gasteiger partial charge >= 0.3 is 6.18 Å². The number of hydrogen-bond donors (Lipinski definition) is 1. The van der Waals surface area contributed by atoms with Gasteiger partial charge in [-0.05, 0) is 49.2 Å². The van der Waals surface area contributed by atoms with Gasteiger partial charge < -0.3 is 9.15 Å². The minimum Gasteiger partial charge on any atom is -0.489 e. The lowest BCUT2D eigenvalue weighted by Crippen LogP contribution is -2.03. The zero-order chi connectivity index (χ0) is 21.0. The van der Waals surface area contributed by atoms with Crippen LogP contribution in [0.4, 0.5) is 13.2 Å². The molecule has 29 heavy (non-hydrogen) atoms. The van der Waals surface area contributed by atoms with Gasteiger partial charge in [0.2, 0.25) is 0 Å². The van der Waals surface area contributed by atoms with Crippen molar-refractivity contribution < 1.29 is 27.1 Å². The fraction of sp³-hybridized carbons (Fsp3) is 0.227. The van der Waals surface area contributed by atoms with Crippen molar-refractivity contribution in [1.82, 2.24) is 0 Å². The standard InChI is InChI=1S/C22H19F3O3S/c1-14-17(13-27-19-4-2-3-15(11-19)5-10-21(26)29)12-20(28-14)16-6-8-18(9-7-16)22(23,24)25/h2-4,6-9,11-12H,5,10,13H2,1H3,(H,26,29). The Labute approximate surface area is 171 Å². The number of hydrogen-bond acceptors (Lipinski definition) is 3. The lowest BCUT2D eigenvalue weighted by Gasteiger charge is -2.07. The van der Waals surface area contributed by atoms with Crippen LogP contribution in [0.3, 0.4) is 0 Å². The Morgan fingerprint density at radius 3 is 2.48 bits per heavy atom. The molecule has 0 fully saturated rings. The van der Waals surface area contributed by atoms with Crippen LogP contribution in [0.2, 0.25) is 0 Å². The van der Waals surface area contributed by atoms with E-state index in [1.807, 2.05) is 24.3 Å². The van der Waals surface area contributed by atoms with Gasteiger partial charge in [-0.1, -0.05) is 24.3 Å². The Morgan fingerprint density at radius 2 is 1.83 bits per heavy atom. The molecule has 0 bridgehead atoms. The fourth-order valence-electron chi connectivity index (χ4n) is 2.83. The average molecular weight is 420 g/mol. The van der Waals surface area contributed by atoms with Crippen molar-refractivity contribution in [1.29, 1.82) is 0 Å². The Hall–Kier alpha value is -2.67. The minimum absolute atomic E-state index is 0.166. The summed E-state index contributed by atoms with van der Waals surface area (Å²) in [5.74, 6) is 1.78. The molecular weight excluding hydrogens is 401 g/mol. The molecule has 0 spiro atoms. The van der Waals surface area contributed by atoms with E-state index >= 15 is 0 Å². The molecule has 1 aromatic heterocycles. The number of carbonyl (C=O) groups is 1. The first-order valence-corrected chi connectivity index (χ1v) is 9.37. The van der Waals surface area contributed by atoms with E-state index in [9.17, 15) is 18.0 Å². The highest BCUT2D eigenvalue weighted by atomic mass is 32.1. The van der Waals surface area contributed by atoms with Crippen LogP contribution in [0.25, 0.3) is 11.3 Å². The maximum Gasteiger partial charge on any atom is 0.416 e. The summed E-state index contributed by atoms with van der Waals surface area (Å²) < 4.78 is 49.6. The van der Waals surface area contributed by atoms with Crippen molar-refractivity contribution in [2.75, 3.05) is 0 Å². The lowest BCUT2D eigenvalue weighted by molar-refractivity contribution is -0.137. The number of rotatable bonds is 7. The molecule has 3 aromatic rings. The molecule has 152 valence electrons. The monoisotopic (exact) mass is 420 g/mol. The maximum absolute atomic E-state index is 12.7. The van der Waals surface area contributed by atoms with Crippen LogP contribution < -0.4 is 4.74 Å². The van der Waals surface area contributed by atoms with Crippen LogP contribution in [0.1, 0.15) is 28.9 Å². The number of halogens is 3. The first-order chi connectivity index (χ1) is 13.7. The molecule has 3 rings (SSSR count). The second kappa shape index (κ2) is 8.78. The smallest absolute Gasteiger partial charge is 0.416 e. The second-order valence-corrected chi connectivity index (χ2v) is 7.10. The number of ether oxygens (including phenoxy) is 1. The predicted molar refractivity (Wildman–Crippen MR) is 107 cm³/mol. The number of aryl methyl sites for hydroxylation is 2. The topological polar surface area (TPSA) is 39.4 Å². The van der Waals surface area contributed by atoms with E-state index < -0.39 is 11.7 Å². The van der Waals surface area contributed by atoms with Crippen LogP contribution in [-0.4, -0.2) is 5.12 Å². The summed E-state index contributed by atoms with van der Waals surface area (Å²) in [6.07, 6.45) is -3.43. The number of benzene rings is 2. The van der Waals surface area contributed by atoms with Crippen LogP contribution in [0.5, 0.6) is 5.75 Å². The lowest BCUT2D eigenvalue weighted by atomic mass is 10.1. The summed E-state index contributed by atoms with van der Waals surface area (Å²) >= 11 is 3.77. The molecule has 0 aliphatic rings. The Kier molecular flexibility index (Phi) is 6.37. The first-order valence-electron chi connectivity index (χ1n) is 8.93. The molecule has 0 atom stereocenters. The molecule has 0 saturated heterocycles. The Bertz CT molecular complexity index is 991. The van der Waals surface area contributed by atoms with Crippen molar-refractivity contribution in [3.63, 3.8) is 0 Å². The second-order valence-electron chi connectivity index (χ2n) is 6.60. The van der Waals surface area contributed by atoms with Gasteiger partial charge in [-0.25, -0.2) is 0 Å². The van der Waals surface area contributed by atoms with Crippen molar-refractivity contribution in [2.45, 2.75) is 32.5 Å². The Balaban J connectivity index is 1.68. The van der Waals surface area contributed by atoms with Crippen molar-refractivity contribution in [2.24, 2.45) is 0 Å². The molecule has 2 aromatic carbocycles. The normalized spacial score (nSPS) is 11.5. The van der Waals surface area contributed by atoms with Crippen LogP contribution in [-0.2, 0) is 24.0 Å². The van der Waals surface area contributed by atoms with E-state index in [0.717, 1.165) is 23.3 Å². The minimum atomic E-state index is -4.37. The van der Waals surface area contributed by atoms with Gasteiger partial charge in [-0.3, -0.25) is 4.79 Å². The zero-order valence-electron chi connectivity index (χ0n) is 15.6. The van der Waals surface area contributed by atoms with Crippen molar-refractivity contribution in [3.8, 4) is 17.1 Å². The van der Waals surface area contributed by atoms with Gasteiger partial charge in [0, 0.05) is 17.5 Å². The summed E-state index contributed by atoms with van der Waals surface area (Å²) in [4.78, 5) is 11.0. The number of carbonyl (C=O) groups excluding carboxylic acids is 1. The Morgan fingerprint density at radius 1 is 1.10 bits per heavy atom. The number of thiol groups is 1. The summed E-state index contributed by atoms with van der Waals surface area (Å²) in [6, 6.07) is 14.0. The third kappa shape index (κ3) is 5.67.